The lowest BCUT2D eigenvalue weighted by Gasteiger charge is -2.11. The zero-order valence-corrected chi connectivity index (χ0v) is 14.5. The van der Waals surface area contributed by atoms with Crippen LogP contribution in [0.3, 0.4) is 0 Å². The van der Waals surface area contributed by atoms with Crippen LogP contribution in [0.25, 0.3) is 0 Å². The van der Waals surface area contributed by atoms with E-state index in [1.54, 1.807) is 44.4 Å². The van der Waals surface area contributed by atoms with Crippen molar-refractivity contribution in [2.45, 2.75) is 6.42 Å². The number of nitrogens with one attached hydrogen (secondary N) is 1. The Hall–Kier alpha value is -3.22. The van der Waals surface area contributed by atoms with Crippen molar-refractivity contribution in [1.82, 2.24) is 4.90 Å². The molecular formula is C19H19FN2O4. The average molecular weight is 358 g/mol. The van der Waals surface area contributed by atoms with Gasteiger partial charge in [-0.3, -0.25) is 14.4 Å². The van der Waals surface area contributed by atoms with Crippen LogP contribution in [0.5, 0.6) is 0 Å². The first-order chi connectivity index (χ1) is 12.4. The number of rotatable bonds is 6. The summed E-state index contributed by atoms with van der Waals surface area (Å²) in [7, 11) is 3.29. The van der Waals surface area contributed by atoms with Crippen LogP contribution in [0.1, 0.15) is 15.9 Å². The van der Waals surface area contributed by atoms with Gasteiger partial charge in [-0.05, 0) is 35.9 Å². The van der Waals surface area contributed by atoms with Gasteiger partial charge in [0.2, 0.25) is 0 Å². The average Bonchev–Trinajstić information content (AvgIpc) is 2.62. The van der Waals surface area contributed by atoms with Crippen molar-refractivity contribution in [3.63, 3.8) is 0 Å². The number of esters is 1. The predicted octanol–water partition coefficient (Wildman–Crippen LogP) is 2.25. The Bertz CT molecular complexity index is 803. The van der Waals surface area contributed by atoms with Crippen LogP contribution in [0.15, 0.2) is 48.5 Å². The summed E-state index contributed by atoms with van der Waals surface area (Å²) in [5.74, 6) is -1.87. The third-order valence-electron chi connectivity index (χ3n) is 3.48. The van der Waals surface area contributed by atoms with E-state index in [0.717, 1.165) is 0 Å². The van der Waals surface area contributed by atoms with E-state index in [9.17, 15) is 18.8 Å². The summed E-state index contributed by atoms with van der Waals surface area (Å²) in [6, 6.07) is 12.2. The molecule has 0 aromatic heterocycles. The Labute approximate surface area is 150 Å². The van der Waals surface area contributed by atoms with Gasteiger partial charge in [0.15, 0.2) is 6.61 Å². The molecule has 0 radical (unpaired) electrons. The molecule has 2 aromatic carbocycles. The van der Waals surface area contributed by atoms with Gasteiger partial charge in [-0.1, -0.05) is 18.2 Å². The molecule has 2 amide bonds. The Morgan fingerprint density at radius 2 is 1.69 bits per heavy atom. The summed E-state index contributed by atoms with van der Waals surface area (Å²) in [6.07, 6.45) is -0.249. The van der Waals surface area contributed by atoms with E-state index in [4.69, 9.17) is 4.74 Å². The van der Waals surface area contributed by atoms with Crippen LogP contribution in [0, 0.1) is 5.82 Å². The molecule has 0 saturated heterocycles. The van der Waals surface area contributed by atoms with E-state index in [1.807, 2.05) is 0 Å². The lowest BCUT2D eigenvalue weighted by molar-refractivity contribution is -0.146. The number of hydrogen-bond acceptors (Lipinski definition) is 4. The fraction of sp³-hybridized carbons (Fsp3) is 0.211. The van der Waals surface area contributed by atoms with E-state index < -0.39 is 24.3 Å². The van der Waals surface area contributed by atoms with Gasteiger partial charge in [0.05, 0.1) is 6.42 Å². The Balaban J connectivity index is 1.82. The zero-order valence-electron chi connectivity index (χ0n) is 14.5. The van der Waals surface area contributed by atoms with Gasteiger partial charge >= 0.3 is 5.97 Å². The molecule has 0 aliphatic heterocycles. The van der Waals surface area contributed by atoms with E-state index in [0.29, 0.717) is 11.3 Å². The van der Waals surface area contributed by atoms with Gasteiger partial charge in [-0.2, -0.15) is 0 Å². The van der Waals surface area contributed by atoms with Crippen LogP contribution in [-0.2, 0) is 20.7 Å². The van der Waals surface area contributed by atoms with Gasteiger partial charge in [0.25, 0.3) is 11.8 Å². The SMILES string of the molecule is CN(C)C(=O)c1ccc(NC(=O)COC(=O)Cc2ccccc2F)cc1. The molecule has 0 unspecified atom stereocenters. The second-order valence-corrected chi connectivity index (χ2v) is 5.75. The third kappa shape index (κ3) is 5.41. The van der Waals surface area contributed by atoms with Crippen LogP contribution in [0.4, 0.5) is 10.1 Å². The van der Waals surface area contributed by atoms with Crippen molar-refractivity contribution >= 4 is 23.5 Å². The minimum absolute atomic E-state index is 0.148. The highest BCUT2D eigenvalue weighted by molar-refractivity contribution is 5.96. The molecule has 0 heterocycles. The van der Waals surface area contributed by atoms with Gasteiger partial charge in [0.1, 0.15) is 5.82 Å². The molecule has 6 nitrogen and oxygen atoms in total. The third-order valence-corrected chi connectivity index (χ3v) is 3.48. The van der Waals surface area contributed by atoms with Crippen molar-refractivity contribution in [3.05, 3.63) is 65.5 Å². The van der Waals surface area contributed by atoms with Gasteiger partial charge in [-0.25, -0.2) is 4.39 Å². The molecule has 1 N–H and O–H groups in total. The van der Waals surface area contributed by atoms with Crippen molar-refractivity contribution in [2.24, 2.45) is 0 Å². The number of carbonyl (C=O) groups is 3. The first-order valence-electron chi connectivity index (χ1n) is 7.87. The van der Waals surface area contributed by atoms with E-state index in [1.165, 1.54) is 23.1 Å². The highest BCUT2D eigenvalue weighted by Gasteiger charge is 2.12. The Kier molecular flexibility index (Phi) is 6.43. The molecule has 0 fully saturated rings. The Morgan fingerprint density at radius 3 is 2.31 bits per heavy atom. The second kappa shape index (κ2) is 8.75. The summed E-state index contributed by atoms with van der Waals surface area (Å²) in [5, 5.41) is 2.55. The molecule has 26 heavy (non-hydrogen) atoms. The summed E-state index contributed by atoms with van der Waals surface area (Å²) in [5.41, 5.74) is 1.17. The normalized spacial score (nSPS) is 10.1. The number of anilines is 1. The van der Waals surface area contributed by atoms with Gasteiger partial charge < -0.3 is 15.0 Å². The smallest absolute Gasteiger partial charge is 0.310 e. The molecule has 0 atom stereocenters. The van der Waals surface area contributed by atoms with E-state index in [-0.39, 0.29) is 17.9 Å². The van der Waals surface area contributed by atoms with Gasteiger partial charge in [0, 0.05) is 25.3 Å². The van der Waals surface area contributed by atoms with Crippen LogP contribution >= 0.6 is 0 Å². The monoisotopic (exact) mass is 358 g/mol. The maximum Gasteiger partial charge on any atom is 0.310 e. The summed E-state index contributed by atoms with van der Waals surface area (Å²) in [4.78, 5) is 36.8. The van der Waals surface area contributed by atoms with E-state index in [2.05, 4.69) is 5.32 Å². The fourth-order valence-electron chi connectivity index (χ4n) is 2.15. The number of halogens is 1. The number of carbonyl (C=O) groups excluding carboxylic acids is 3. The molecule has 2 rings (SSSR count). The molecule has 7 heteroatoms. The number of ether oxygens (including phenoxy) is 1. The van der Waals surface area contributed by atoms with E-state index >= 15 is 0 Å². The molecule has 136 valence electrons. The topological polar surface area (TPSA) is 75.7 Å². The standard InChI is InChI=1S/C19H19FN2O4/c1-22(2)19(25)13-7-9-15(10-8-13)21-17(23)12-26-18(24)11-14-5-3-4-6-16(14)20/h3-10H,11-12H2,1-2H3,(H,21,23). The molecule has 0 spiro atoms. The molecule has 2 aromatic rings. The summed E-state index contributed by atoms with van der Waals surface area (Å²) in [6.45, 7) is -0.480. The van der Waals surface area contributed by atoms with Crippen molar-refractivity contribution in [1.29, 1.82) is 0 Å². The number of benzene rings is 2. The fourth-order valence-corrected chi connectivity index (χ4v) is 2.15. The van der Waals surface area contributed by atoms with Crippen molar-refractivity contribution in [2.75, 3.05) is 26.0 Å². The predicted molar refractivity (Wildman–Crippen MR) is 94.2 cm³/mol. The van der Waals surface area contributed by atoms with Gasteiger partial charge in [-0.15, -0.1) is 0 Å². The highest BCUT2D eigenvalue weighted by atomic mass is 19.1. The largest absolute Gasteiger partial charge is 0.455 e. The second-order valence-electron chi connectivity index (χ2n) is 5.75. The van der Waals surface area contributed by atoms with Crippen LogP contribution < -0.4 is 5.32 Å². The zero-order chi connectivity index (χ0) is 19.1. The lowest BCUT2D eigenvalue weighted by Crippen LogP contribution is -2.22. The number of hydrogen-bond donors (Lipinski definition) is 1. The molecular weight excluding hydrogens is 339 g/mol. The lowest BCUT2D eigenvalue weighted by atomic mass is 10.1. The maximum atomic E-state index is 13.5. The van der Waals surface area contributed by atoms with Crippen LogP contribution in [-0.4, -0.2) is 43.4 Å². The molecule has 0 saturated carbocycles. The minimum atomic E-state index is -0.697. The summed E-state index contributed by atoms with van der Waals surface area (Å²) < 4.78 is 18.3. The molecule has 0 aliphatic rings. The Morgan fingerprint density at radius 1 is 1.04 bits per heavy atom. The first kappa shape index (κ1) is 19.1. The maximum absolute atomic E-state index is 13.5. The minimum Gasteiger partial charge on any atom is -0.455 e. The first-order valence-corrected chi connectivity index (χ1v) is 7.87. The number of nitrogens with zero attached hydrogens (tertiary/aromatic N) is 1. The highest BCUT2D eigenvalue weighted by Crippen LogP contribution is 2.11. The molecule has 0 aliphatic carbocycles. The van der Waals surface area contributed by atoms with Crippen molar-refractivity contribution in [3.8, 4) is 0 Å². The number of amides is 2. The summed E-state index contributed by atoms with van der Waals surface area (Å²) >= 11 is 0. The van der Waals surface area contributed by atoms with Crippen molar-refractivity contribution < 1.29 is 23.5 Å². The van der Waals surface area contributed by atoms with Crippen LogP contribution in [0.2, 0.25) is 0 Å². The molecule has 0 bridgehead atoms. The quantitative estimate of drug-likeness (QED) is 0.804.